The summed E-state index contributed by atoms with van der Waals surface area (Å²) >= 11 is 0. The third-order valence-electron chi connectivity index (χ3n) is 1.96. The minimum atomic E-state index is 0.484. The summed E-state index contributed by atoms with van der Waals surface area (Å²) in [6.07, 6.45) is 1.44. The van der Waals surface area contributed by atoms with Crippen molar-refractivity contribution in [3.63, 3.8) is 0 Å². The maximum Gasteiger partial charge on any atom is 0.0265 e. The molecule has 0 aliphatic carbocycles. The molecule has 1 heterocycles. The van der Waals surface area contributed by atoms with Gasteiger partial charge < -0.3 is 0 Å². The second kappa shape index (κ2) is 1.09. The monoisotopic (exact) mass is 100 g/mol. The van der Waals surface area contributed by atoms with Gasteiger partial charge in [0.25, 0.3) is 0 Å². The topological polar surface area (TPSA) is 0 Å². The Morgan fingerprint density at radius 1 is 1.83 bits per heavy atom. The van der Waals surface area contributed by atoms with E-state index >= 15 is 0 Å². The van der Waals surface area contributed by atoms with Crippen LogP contribution in [0, 0.1) is 0 Å². The maximum absolute atomic E-state index is 2.42. The summed E-state index contributed by atoms with van der Waals surface area (Å²) < 4.78 is 0. The fourth-order valence-corrected chi connectivity index (χ4v) is 1.70. The molecule has 36 valence electrons. The van der Waals surface area contributed by atoms with E-state index in [1.807, 2.05) is 0 Å². The van der Waals surface area contributed by atoms with Crippen molar-refractivity contribution in [2.75, 3.05) is 0 Å². The van der Waals surface area contributed by atoms with E-state index in [4.69, 9.17) is 0 Å². The van der Waals surface area contributed by atoms with Gasteiger partial charge in [0.05, 0.1) is 0 Å². The van der Waals surface area contributed by atoms with Crippen LogP contribution in [0.2, 0.25) is 11.1 Å². The van der Waals surface area contributed by atoms with Crippen LogP contribution in [0.4, 0.5) is 0 Å². The zero-order valence-electron chi connectivity index (χ0n) is 4.62. The number of hydrogen-bond acceptors (Lipinski definition) is 0. The molecule has 0 amide bonds. The zero-order chi connectivity index (χ0) is 4.62. The first kappa shape index (κ1) is 4.38. The molecule has 0 N–H and O–H groups in total. The average Bonchev–Trinajstić information content (AvgIpc) is 2.22. The summed E-state index contributed by atoms with van der Waals surface area (Å²) in [6.45, 7) is 4.72. The van der Waals surface area contributed by atoms with Gasteiger partial charge >= 0.3 is 0 Å². The number of rotatable bonds is 1. The van der Waals surface area contributed by atoms with Crippen LogP contribution < -0.4 is 0 Å². The van der Waals surface area contributed by atoms with Crippen LogP contribution >= 0.6 is 0 Å². The van der Waals surface area contributed by atoms with Crippen LogP contribution in [0.5, 0.6) is 0 Å². The highest BCUT2D eigenvalue weighted by Crippen LogP contribution is 2.48. The van der Waals surface area contributed by atoms with Gasteiger partial charge in [-0.3, -0.25) is 0 Å². The summed E-state index contributed by atoms with van der Waals surface area (Å²) in [4.78, 5) is 0. The van der Waals surface area contributed by atoms with Crippen LogP contribution in [0.25, 0.3) is 0 Å². The summed E-state index contributed by atoms with van der Waals surface area (Å²) in [5.41, 5.74) is 0. The molecule has 1 atom stereocenters. The van der Waals surface area contributed by atoms with Crippen LogP contribution in [-0.4, -0.2) is 9.52 Å². The molecule has 1 aliphatic heterocycles. The second-order valence-electron chi connectivity index (χ2n) is 2.66. The van der Waals surface area contributed by atoms with Crippen molar-refractivity contribution in [3.8, 4) is 0 Å². The predicted octanol–water partition coefficient (Wildman–Crippen LogP) is 1.18. The Kier molecular flexibility index (Phi) is 0.797. The highest BCUT2D eigenvalue weighted by atomic mass is 28.2. The van der Waals surface area contributed by atoms with E-state index < -0.39 is 0 Å². The van der Waals surface area contributed by atoms with Crippen LogP contribution in [0.15, 0.2) is 0 Å². The average molecular weight is 100 g/mol. The van der Waals surface area contributed by atoms with Crippen molar-refractivity contribution in [3.05, 3.63) is 0 Å². The summed E-state index contributed by atoms with van der Waals surface area (Å²) in [7, 11) is 0.484. The predicted molar refractivity (Wildman–Crippen MR) is 32.0 cm³/mol. The fourth-order valence-electron chi connectivity index (χ4n) is 0.567. The van der Waals surface area contributed by atoms with Crippen molar-refractivity contribution in [2.45, 2.75) is 31.4 Å². The minimum absolute atomic E-state index is 0.484. The molecule has 0 radical (unpaired) electrons. The Bertz CT molecular complexity index is 55.0. The molecule has 1 rings (SSSR count). The first-order valence-electron chi connectivity index (χ1n) is 2.77. The van der Waals surface area contributed by atoms with Crippen LogP contribution in [0.1, 0.15) is 20.3 Å². The lowest BCUT2D eigenvalue weighted by molar-refractivity contribution is 0.735. The minimum Gasteiger partial charge on any atom is -0.0652 e. The van der Waals surface area contributed by atoms with E-state index in [2.05, 4.69) is 13.8 Å². The molecule has 1 heteroatoms. The molecule has 1 fully saturated rings. The molecule has 0 saturated carbocycles. The van der Waals surface area contributed by atoms with Gasteiger partial charge in [0, 0.05) is 9.52 Å². The SMILES string of the molecule is CCC1(C)C[SiH2]1. The molecule has 6 heavy (non-hydrogen) atoms. The van der Waals surface area contributed by atoms with Gasteiger partial charge in [-0.25, -0.2) is 0 Å². The molecule has 0 aromatic heterocycles. The van der Waals surface area contributed by atoms with Gasteiger partial charge in [-0.2, -0.15) is 0 Å². The molecule has 1 saturated heterocycles. The van der Waals surface area contributed by atoms with E-state index in [1.54, 1.807) is 6.04 Å². The van der Waals surface area contributed by atoms with E-state index in [0.29, 0.717) is 9.52 Å². The van der Waals surface area contributed by atoms with Crippen molar-refractivity contribution >= 4 is 9.52 Å². The lowest BCUT2D eigenvalue weighted by Crippen LogP contribution is -1.79. The number of hydrogen-bond donors (Lipinski definition) is 0. The molecule has 0 aromatic carbocycles. The third-order valence-corrected chi connectivity index (χ3v) is 4.66. The van der Waals surface area contributed by atoms with Crippen molar-refractivity contribution < 1.29 is 0 Å². The highest BCUT2D eigenvalue weighted by molar-refractivity contribution is 6.53. The molecular formula is C5H12Si. The highest BCUT2D eigenvalue weighted by Gasteiger charge is 2.35. The van der Waals surface area contributed by atoms with Crippen molar-refractivity contribution in [1.82, 2.24) is 0 Å². The lowest BCUT2D eigenvalue weighted by atomic mass is 10.2. The van der Waals surface area contributed by atoms with Gasteiger partial charge in [-0.15, -0.1) is 0 Å². The molecule has 0 spiro atoms. The standard InChI is InChI=1S/C5H12Si/c1-3-5(2)4-6-5/h3-4,6H2,1-2H3. The van der Waals surface area contributed by atoms with E-state index in [0.717, 1.165) is 5.04 Å². The van der Waals surface area contributed by atoms with Gasteiger partial charge in [0.2, 0.25) is 0 Å². The van der Waals surface area contributed by atoms with Crippen molar-refractivity contribution in [2.24, 2.45) is 0 Å². The summed E-state index contributed by atoms with van der Waals surface area (Å²) in [5, 5.41) is 0.931. The largest absolute Gasteiger partial charge is 0.0652 e. The third kappa shape index (κ3) is 0.646. The second-order valence-corrected chi connectivity index (χ2v) is 5.37. The Morgan fingerprint density at radius 2 is 2.33 bits per heavy atom. The Balaban J connectivity index is 2.28. The smallest absolute Gasteiger partial charge is 0.0265 e. The van der Waals surface area contributed by atoms with Crippen molar-refractivity contribution in [1.29, 1.82) is 0 Å². The summed E-state index contributed by atoms with van der Waals surface area (Å²) in [6, 6.07) is 1.61. The lowest BCUT2D eigenvalue weighted by Gasteiger charge is -1.97. The van der Waals surface area contributed by atoms with E-state index in [1.165, 1.54) is 6.42 Å². The Hall–Kier alpha value is 0.217. The quantitative estimate of drug-likeness (QED) is 0.434. The summed E-state index contributed by atoms with van der Waals surface area (Å²) in [5.74, 6) is 0. The van der Waals surface area contributed by atoms with Gasteiger partial charge in [-0.05, 0) is 5.04 Å². The van der Waals surface area contributed by atoms with Gasteiger partial charge in [-0.1, -0.05) is 26.3 Å². The van der Waals surface area contributed by atoms with Crippen LogP contribution in [-0.2, 0) is 0 Å². The van der Waals surface area contributed by atoms with Gasteiger partial charge in [0.1, 0.15) is 0 Å². The molecule has 0 nitrogen and oxygen atoms in total. The normalized spacial score (nSPS) is 47.0. The van der Waals surface area contributed by atoms with Crippen LogP contribution in [0.3, 0.4) is 0 Å². The Morgan fingerprint density at radius 3 is 2.33 bits per heavy atom. The molecule has 0 bridgehead atoms. The first-order valence-corrected chi connectivity index (χ1v) is 4.47. The van der Waals surface area contributed by atoms with E-state index in [9.17, 15) is 0 Å². The molecular weight excluding hydrogens is 88.1 g/mol. The fraction of sp³-hybridized carbons (Fsp3) is 1.00. The maximum atomic E-state index is 2.42. The molecule has 1 aliphatic rings. The van der Waals surface area contributed by atoms with E-state index in [-0.39, 0.29) is 0 Å². The zero-order valence-corrected chi connectivity index (χ0v) is 6.04. The van der Waals surface area contributed by atoms with Gasteiger partial charge in [0.15, 0.2) is 0 Å². The Labute approximate surface area is 41.8 Å². The molecule has 1 unspecified atom stereocenters. The first-order chi connectivity index (χ1) is 2.77. The molecule has 0 aromatic rings.